The third-order valence-corrected chi connectivity index (χ3v) is 8.82. The number of benzene rings is 5. The van der Waals surface area contributed by atoms with Crippen molar-refractivity contribution in [1.29, 1.82) is 0 Å². The number of hydrogen-bond acceptors (Lipinski definition) is 0. The van der Waals surface area contributed by atoms with E-state index >= 15 is 0 Å². The highest BCUT2D eigenvalue weighted by Gasteiger charge is 2.12. The SMILES string of the molecule is Ic1cccc(-c2cc(C3=CI=CC(c4ccc5ccccc5c4)=C3)cc3ccccc23)c1. The Labute approximate surface area is 217 Å². The van der Waals surface area contributed by atoms with Gasteiger partial charge in [-0.05, 0) is 122 Å². The quantitative estimate of drug-likeness (QED) is 0.172. The standard InChI is InChI=1S/C31H20I2/c32-29-10-5-9-25(17-29)31-18-26(15-24-8-3-4-11-30(24)31)28-16-27(19-33-20-28)23-13-12-21-6-1-2-7-22(21)14-23/h1-20H. The Hall–Kier alpha value is -2.57. The molecule has 0 unspecified atom stereocenters. The van der Waals surface area contributed by atoms with Crippen molar-refractivity contribution in [2.24, 2.45) is 0 Å². The maximum absolute atomic E-state index is 2.45. The second-order valence-electron chi connectivity index (χ2n) is 8.22. The van der Waals surface area contributed by atoms with Crippen molar-refractivity contribution in [3.8, 4) is 11.1 Å². The first-order chi connectivity index (χ1) is 16.2. The summed E-state index contributed by atoms with van der Waals surface area (Å²) in [6.07, 6.45) is 2.37. The number of halogens is 2. The van der Waals surface area contributed by atoms with Crippen LogP contribution < -0.4 is 0 Å². The van der Waals surface area contributed by atoms with Crippen LogP contribution in [0, 0.1) is 3.57 Å². The van der Waals surface area contributed by atoms with Crippen LogP contribution in [-0.4, -0.2) is 4.01 Å². The van der Waals surface area contributed by atoms with Crippen molar-refractivity contribution in [2.45, 2.75) is 0 Å². The lowest BCUT2D eigenvalue weighted by Gasteiger charge is -2.14. The molecule has 0 N–H and O–H groups in total. The van der Waals surface area contributed by atoms with Gasteiger partial charge >= 0.3 is 0 Å². The Bertz CT molecular complexity index is 1620. The molecular formula is C31H20I2. The lowest BCUT2D eigenvalue weighted by Crippen LogP contribution is -1.92. The molecular weight excluding hydrogens is 626 g/mol. The minimum absolute atomic E-state index is 0.132. The average Bonchev–Trinajstić information content (AvgIpc) is 2.88. The van der Waals surface area contributed by atoms with E-state index in [0.717, 1.165) is 0 Å². The average molecular weight is 646 g/mol. The molecule has 0 aliphatic carbocycles. The number of allylic oxidation sites excluding steroid dienone is 3. The second kappa shape index (κ2) is 8.99. The fourth-order valence-corrected chi connectivity index (χ4v) is 7.01. The summed E-state index contributed by atoms with van der Waals surface area (Å²) in [5.74, 6) is 0. The van der Waals surface area contributed by atoms with Crippen molar-refractivity contribution in [1.82, 2.24) is 0 Å². The summed E-state index contributed by atoms with van der Waals surface area (Å²) in [6, 6.07) is 37.7. The molecule has 6 rings (SSSR count). The number of fused-ring (bicyclic) bond motifs is 2. The Morgan fingerprint density at radius 1 is 0.545 bits per heavy atom. The van der Waals surface area contributed by atoms with Gasteiger partial charge in [0.05, 0.1) is 0 Å². The highest BCUT2D eigenvalue weighted by atomic mass is 127. The van der Waals surface area contributed by atoms with Crippen molar-refractivity contribution in [3.63, 3.8) is 0 Å². The zero-order chi connectivity index (χ0) is 22.2. The fraction of sp³-hybridized carbons (Fsp3) is 0. The van der Waals surface area contributed by atoms with E-state index < -0.39 is 0 Å². The zero-order valence-corrected chi connectivity index (χ0v) is 22.1. The number of hydrogen-bond donors (Lipinski definition) is 0. The van der Waals surface area contributed by atoms with Gasteiger partial charge in [0.1, 0.15) is 0 Å². The molecule has 0 atom stereocenters. The van der Waals surface area contributed by atoms with Crippen LogP contribution in [0.5, 0.6) is 0 Å². The van der Waals surface area contributed by atoms with Gasteiger partial charge in [-0.3, -0.25) is 0 Å². The second-order valence-corrected chi connectivity index (χ2v) is 11.4. The maximum atomic E-state index is 2.45. The van der Waals surface area contributed by atoms with E-state index in [4.69, 9.17) is 0 Å². The third kappa shape index (κ3) is 4.22. The van der Waals surface area contributed by atoms with E-state index in [1.165, 1.54) is 58.5 Å². The topological polar surface area (TPSA) is 0 Å². The van der Waals surface area contributed by atoms with Crippen LogP contribution in [0.25, 0.3) is 43.8 Å². The maximum Gasteiger partial charge on any atom is 0.0136 e. The van der Waals surface area contributed by atoms with Crippen LogP contribution in [0.1, 0.15) is 11.1 Å². The summed E-state index contributed by atoms with van der Waals surface area (Å²) >= 11 is 2.27. The van der Waals surface area contributed by atoms with Crippen LogP contribution in [0.15, 0.2) is 113 Å². The molecule has 0 fully saturated rings. The van der Waals surface area contributed by atoms with Crippen LogP contribution in [0.2, 0.25) is 0 Å². The van der Waals surface area contributed by atoms with Crippen LogP contribution >= 0.6 is 43.3 Å². The first-order valence-electron chi connectivity index (χ1n) is 10.9. The summed E-state index contributed by atoms with van der Waals surface area (Å²) < 4.78 is 6.15. The first kappa shape index (κ1) is 21.0. The van der Waals surface area contributed by atoms with Crippen molar-refractivity contribution in [3.05, 3.63) is 128 Å². The zero-order valence-electron chi connectivity index (χ0n) is 17.8. The van der Waals surface area contributed by atoms with Gasteiger partial charge in [-0.1, -0.05) is 93.5 Å². The molecule has 0 nitrogen and oxygen atoms in total. The van der Waals surface area contributed by atoms with Gasteiger partial charge in [-0.2, -0.15) is 0 Å². The molecule has 0 aromatic heterocycles. The minimum atomic E-state index is -0.132. The lowest BCUT2D eigenvalue weighted by atomic mass is 9.92. The van der Waals surface area contributed by atoms with Gasteiger partial charge in [0.15, 0.2) is 0 Å². The van der Waals surface area contributed by atoms with Crippen LogP contribution in [0.3, 0.4) is 0 Å². The Morgan fingerprint density at radius 3 is 2.21 bits per heavy atom. The molecule has 0 amide bonds. The van der Waals surface area contributed by atoms with Crippen molar-refractivity contribution >= 4 is 80.0 Å². The van der Waals surface area contributed by atoms with Gasteiger partial charge in [0.25, 0.3) is 0 Å². The van der Waals surface area contributed by atoms with E-state index in [9.17, 15) is 0 Å². The van der Waals surface area contributed by atoms with Gasteiger partial charge in [0.2, 0.25) is 0 Å². The van der Waals surface area contributed by atoms with E-state index in [2.05, 4.69) is 140 Å². The molecule has 0 radical (unpaired) electrons. The monoisotopic (exact) mass is 646 g/mol. The molecule has 0 saturated heterocycles. The molecule has 1 aliphatic heterocycles. The molecule has 0 saturated carbocycles. The van der Waals surface area contributed by atoms with E-state index in [1.807, 2.05) is 0 Å². The summed E-state index contributed by atoms with van der Waals surface area (Å²) in [4.78, 5) is 0. The van der Waals surface area contributed by atoms with Gasteiger partial charge in [-0.15, -0.1) is 0 Å². The summed E-state index contributed by atoms with van der Waals surface area (Å²) in [7, 11) is 0. The Morgan fingerprint density at radius 2 is 1.33 bits per heavy atom. The molecule has 2 heteroatoms. The van der Waals surface area contributed by atoms with Crippen molar-refractivity contribution < 1.29 is 0 Å². The van der Waals surface area contributed by atoms with E-state index in [0.29, 0.717) is 0 Å². The smallest absolute Gasteiger partial charge is 0.0136 e. The van der Waals surface area contributed by atoms with Crippen LogP contribution in [0.4, 0.5) is 0 Å². The predicted molar refractivity (Wildman–Crippen MR) is 162 cm³/mol. The fourth-order valence-electron chi connectivity index (χ4n) is 4.43. The molecule has 33 heavy (non-hydrogen) atoms. The van der Waals surface area contributed by atoms with E-state index in [-0.39, 0.29) is 20.7 Å². The minimum Gasteiger partial charge on any atom is -0.0924 e. The molecule has 5 aromatic rings. The number of rotatable bonds is 3. The third-order valence-electron chi connectivity index (χ3n) is 6.09. The van der Waals surface area contributed by atoms with Gasteiger partial charge in [0, 0.05) is 3.57 Å². The summed E-state index contributed by atoms with van der Waals surface area (Å²) in [5.41, 5.74) is 7.86. The lowest BCUT2D eigenvalue weighted by molar-refractivity contribution is 1.59. The van der Waals surface area contributed by atoms with Crippen LogP contribution in [-0.2, 0) is 0 Å². The van der Waals surface area contributed by atoms with Gasteiger partial charge < -0.3 is 0 Å². The summed E-state index contributed by atoms with van der Waals surface area (Å²) in [6.45, 7) is 0. The highest BCUT2D eigenvalue weighted by molar-refractivity contribution is 14.2. The first-order valence-corrected chi connectivity index (χ1v) is 14.5. The molecule has 5 aromatic carbocycles. The van der Waals surface area contributed by atoms with Crippen molar-refractivity contribution in [2.75, 3.05) is 0 Å². The Kier molecular flexibility index (Phi) is 5.72. The predicted octanol–water partition coefficient (Wildman–Crippen LogP) is 9.48. The molecule has 0 bridgehead atoms. The normalized spacial score (nSPS) is 13.5. The van der Waals surface area contributed by atoms with Gasteiger partial charge in [-0.25, -0.2) is 0 Å². The highest BCUT2D eigenvalue weighted by Crippen LogP contribution is 2.36. The molecule has 158 valence electrons. The molecule has 0 spiro atoms. The van der Waals surface area contributed by atoms with E-state index in [1.54, 1.807) is 0 Å². The molecule has 1 aliphatic rings. The largest absolute Gasteiger partial charge is 0.0924 e. The molecule has 1 heterocycles. The Balaban J connectivity index is 1.48. The summed E-state index contributed by atoms with van der Waals surface area (Å²) in [5, 5.41) is 5.18.